The van der Waals surface area contributed by atoms with E-state index in [-0.39, 0.29) is 0 Å². The summed E-state index contributed by atoms with van der Waals surface area (Å²) in [5.41, 5.74) is 7.64. The molecule has 0 spiro atoms. The first-order valence-electron chi connectivity index (χ1n) is 7.02. The van der Waals surface area contributed by atoms with Crippen LogP contribution < -0.4 is 5.73 Å². The third-order valence-corrected chi connectivity index (χ3v) is 3.00. The lowest BCUT2D eigenvalue weighted by Gasteiger charge is -2.00. The lowest BCUT2D eigenvalue weighted by Crippen LogP contribution is -2.05. The number of hydrogen-bond acceptors (Lipinski definition) is 6. The molecular weight excluding hydrogens is 270 g/mol. The van der Waals surface area contributed by atoms with Crippen molar-refractivity contribution in [3.63, 3.8) is 0 Å². The zero-order valence-corrected chi connectivity index (χ0v) is 12.2. The largest absolute Gasteiger partial charge is 0.382 e. The molecule has 1 aromatic heterocycles. The summed E-state index contributed by atoms with van der Waals surface area (Å²) in [6.45, 7) is 2.36. The van der Waals surface area contributed by atoms with Gasteiger partial charge in [0.15, 0.2) is 5.82 Å². The predicted octanol–water partition coefficient (Wildman–Crippen LogP) is 1.44. The maximum absolute atomic E-state index is 5.53. The van der Waals surface area contributed by atoms with Crippen molar-refractivity contribution in [1.29, 1.82) is 0 Å². The molecule has 0 aliphatic rings. The van der Waals surface area contributed by atoms with Crippen LogP contribution in [-0.2, 0) is 22.3 Å². The van der Waals surface area contributed by atoms with Gasteiger partial charge in [-0.2, -0.15) is 4.98 Å². The first-order valence-corrected chi connectivity index (χ1v) is 7.02. The van der Waals surface area contributed by atoms with Crippen LogP contribution in [0.5, 0.6) is 0 Å². The van der Waals surface area contributed by atoms with E-state index in [2.05, 4.69) is 10.1 Å². The van der Waals surface area contributed by atoms with E-state index in [1.165, 1.54) is 5.56 Å². The average Bonchev–Trinajstić information content (AvgIpc) is 2.97. The van der Waals surface area contributed by atoms with Crippen molar-refractivity contribution in [1.82, 2.24) is 10.1 Å². The van der Waals surface area contributed by atoms with Crippen LogP contribution in [0, 0.1) is 0 Å². The molecule has 0 bridgehead atoms. The highest BCUT2D eigenvalue weighted by molar-refractivity contribution is 5.53. The summed E-state index contributed by atoms with van der Waals surface area (Å²) in [6.07, 6.45) is 1.49. The van der Waals surface area contributed by atoms with Gasteiger partial charge in [0.2, 0.25) is 0 Å². The molecule has 0 aliphatic heterocycles. The molecule has 1 aromatic carbocycles. The van der Waals surface area contributed by atoms with E-state index in [1.54, 1.807) is 7.11 Å². The summed E-state index contributed by atoms with van der Waals surface area (Å²) in [5, 5.41) is 3.95. The third-order valence-electron chi connectivity index (χ3n) is 3.00. The van der Waals surface area contributed by atoms with Gasteiger partial charge in [-0.15, -0.1) is 0 Å². The molecule has 114 valence electrons. The Labute approximate surface area is 124 Å². The summed E-state index contributed by atoms with van der Waals surface area (Å²) >= 11 is 0. The lowest BCUT2D eigenvalue weighted by atomic mass is 10.1. The van der Waals surface area contributed by atoms with Gasteiger partial charge < -0.3 is 19.7 Å². The highest BCUT2D eigenvalue weighted by Crippen LogP contribution is 2.18. The molecule has 0 saturated heterocycles. The van der Waals surface area contributed by atoms with Crippen molar-refractivity contribution >= 4 is 0 Å². The molecule has 0 aliphatic carbocycles. The highest BCUT2D eigenvalue weighted by atomic mass is 16.5. The summed E-state index contributed by atoms with van der Waals surface area (Å²) in [6, 6.07) is 7.99. The van der Waals surface area contributed by atoms with Gasteiger partial charge in [-0.25, -0.2) is 0 Å². The molecule has 6 nitrogen and oxygen atoms in total. The minimum absolute atomic E-state index is 0.529. The SMILES string of the molecule is COCCOCCc1noc(-c2ccc(CCN)cc2)n1. The van der Waals surface area contributed by atoms with E-state index in [0.717, 1.165) is 12.0 Å². The van der Waals surface area contributed by atoms with Crippen LogP contribution in [-0.4, -0.2) is 43.6 Å². The minimum Gasteiger partial charge on any atom is -0.382 e. The average molecular weight is 291 g/mol. The van der Waals surface area contributed by atoms with E-state index in [9.17, 15) is 0 Å². The Morgan fingerprint density at radius 3 is 2.62 bits per heavy atom. The van der Waals surface area contributed by atoms with Crippen molar-refractivity contribution in [2.75, 3.05) is 33.5 Å². The second kappa shape index (κ2) is 8.51. The van der Waals surface area contributed by atoms with E-state index >= 15 is 0 Å². The number of nitrogens with zero attached hydrogens (tertiary/aromatic N) is 2. The minimum atomic E-state index is 0.529. The van der Waals surface area contributed by atoms with Gasteiger partial charge in [0.05, 0.1) is 19.8 Å². The molecule has 0 fully saturated rings. The van der Waals surface area contributed by atoms with Gasteiger partial charge in [-0.05, 0) is 30.7 Å². The zero-order chi connectivity index (χ0) is 14.9. The van der Waals surface area contributed by atoms with Crippen molar-refractivity contribution in [2.45, 2.75) is 12.8 Å². The molecule has 0 saturated carbocycles. The van der Waals surface area contributed by atoms with Gasteiger partial charge in [-0.1, -0.05) is 17.3 Å². The molecule has 2 N–H and O–H groups in total. The van der Waals surface area contributed by atoms with E-state index < -0.39 is 0 Å². The van der Waals surface area contributed by atoms with E-state index in [0.29, 0.717) is 44.5 Å². The number of rotatable bonds is 9. The molecule has 2 rings (SSSR count). The van der Waals surface area contributed by atoms with Gasteiger partial charge in [0.25, 0.3) is 5.89 Å². The zero-order valence-electron chi connectivity index (χ0n) is 12.2. The van der Waals surface area contributed by atoms with Crippen LogP contribution in [0.1, 0.15) is 11.4 Å². The second-order valence-electron chi connectivity index (χ2n) is 4.61. The summed E-state index contributed by atoms with van der Waals surface area (Å²) in [4.78, 5) is 4.36. The van der Waals surface area contributed by atoms with Crippen LogP contribution >= 0.6 is 0 Å². The van der Waals surface area contributed by atoms with Crippen LogP contribution in [0.3, 0.4) is 0 Å². The number of nitrogens with two attached hydrogens (primary N) is 1. The first-order chi connectivity index (χ1) is 10.3. The molecule has 0 radical (unpaired) electrons. The van der Waals surface area contributed by atoms with Crippen LogP contribution in [0.25, 0.3) is 11.5 Å². The Morgan fingerprint density at radius 2 is 1.90 bits per heavy atom. The molecule has 21 heavy (non-hydrogen) atoms. The topological polar surface area (TPSA) is 83.4 Å². The van der Waals surface area contributed by atoms with Crippen molar-refractivity contribution in [3.05, 3.63) is 35.7 Å². The fourth-order valence-corrected chi connectivity index (χ4v) is 1.86. The van der Waals surface area contributed by atoms with Crippen molar-refractivity contribution < 1.29 is 14.0 Å². The van der Waals surface area contributed by atoms with Gasteiger partial charge >= 0.3 is 0 Å². The van der Waals surface area contributed by atoms with Crippen LogP contribution in [0.15, 0.2) is 28.8 Å². The molecule has 0 amide bonds. The van der Waals surface area contributed by atoms with E-state index in [4.69, 9.17) is 19.7 Å². The second-order valence-corrected chi connectivity index (χ2v) is 4.61. The standard InChI is InChI=1S/C15H21N3O3/c1-19-10-11-20-9-7-14-17-15(21-18-14)13-4-2-12(3-5-13)6-8-16/h2-5H,6-11,16H2,1H3. The van der Waals surface area contributed by atoms with E-state index in [1.807, 2.05) is 24.3 Å². The Morgan fingerprint density at radius 1 is 1.10 bits per heavy atom. The Bertz CT molecular complexity index is 525. The molecular formula is C15H21N3O3. The van der Waals surface area contributed by atoms with Crippen molar-refractivity contribution in [3.8, 4) is 11.5 Å². The lowest BCUT2D eigenvalue weighted by molar-refractivity contribution is 0.0714. The Balaban J connectivity index is 1.87. The molecule has 0 unspecified atom stereocenters. The number of ether oxygens (including phenoxy) is 2. The van der Waals surface area contributed by atoms with Gasteiger partial charge in [-0.3, -0.25) is 0 Å². The molecule has 1 heterocycles. The molecule has 6 heteroatoms. The molecule has 2 aromatic rings. The molecule has 0 atom stereocenters. The monoisotopic (exact) mass is 291 g/mol. The third kappa shape index (κ3) is 4.93. The van der Waals surface area contributed by atoms with Gasteiger partial charge in [0.1, 0.15) is 0 Å². The number of hydrogen-bond donors (Lipinski definition) is 1. The number of benzene rings is 1. The number of aromatic nitrogens is 2. The number of methoxy groups -OCH3 is 1. The fraction of sp³-hybridized carbons (Fsp3) is 0.467. The predicted molar refractivity (Wildman–Crippen MR) is 78.9 cm³/mol. The van der Waals surface area contributed by atoms with Gasteiger partial charge in [0, 0.05) is 19.1 Å². The fourth-order valence-electron chi connectivity index (χ4n) is 1.86. The maximum atomic E-state index is 5.53. The Kier molecular flexibility index (Phi) is 6.33. The summed E-state index contributed by atoms with van der Waals surface area (Å²) in [7, 11) is 1.65. The summed E-state index contributed by atoms with van der Waals surface area (Å²) < 4.78 is 15.5. The Hall–Kier alpha value is -1.76. The van der Waals surface area contributed by atoms with Crippen LogP contribution in [0.4, 0.5) is 0 Å². The smallest absolute Gasteiger partial charge is 0.257 e. The quantitative estimate of drug-likeness (QED) is 0.704. The van der Waals surface area contributed by atoms with Crippen LogP contribution in [0.2, 0.25) is 0 Å². The maximum Gasteiger partial charge on any atom is 0.257 e. The summed E-state index contributed by atoms with van der Waals surface area (Å²) in [5.74, 6) is 1.18. The highest BCUT2D eigenvalue weighted by Gasteiger charge is 2.08. The first kappa shape index (κ1) is 15.6. The van der Waals surface area contributed by atoms with Crippen molar-refractivity contribution in [2.24, 2.45) is 5.73 Å². The normalized spacial score (nSPS) is 11.0.